The normalized spacial score (nSPS) is 38.5. The van der Waals surface area contributed by atoms with Gasteiger partial charge in [-0.05, 0) is 38.5 Å². The van der Waals surface area contributed by atoms with Gasteiger partial charge in [0.1, 0.15) is 12.1 Å². The fourth-order valence-electron chi connectivity index (χ4n) is 4.43. The number of thioether (sulfide) groups is 1. The van der Waals surface area contributed by atoms with E-state index in [-0.39, 0.29) is 18.3 Å². The second kappa shape index (κ2) is 10.8. The molecular weight excluding hydrogens is 430 g/mol. The molecule has 176 valence electrons. The lowest BCUT2D eigenvalue weighted by Gasteiger charge is -2.45. The summed E-state index contributed by atoms with van der Waals surface area (Å²) in [7, 11) is 0. The maximum Gasteiger partial charge on any atom is 0.330 e. The molecule has 3 rings (SSSR count). The van der Waals surface area contributed by atoms with E-state index in [0.29, 0.717) is 18.8 Å². The Kier molecular flexibility index (Phi) is 8.36. The van der Waals surface area contributed by atoms with Crippen molar-refractivity contribution in [3.05, 3.63) is 36.0 Å². The molecule has 1 N–H and O–H groups in total. The van der Waals surface area contributed by atoms with Crippen LogP contribution in [-0.2, 0) is 19.1 Å². The molecule has 0 aromatic heterocycles. The minimum absolute atomic E-state index is 0.0165. The number of esters is 1. The topological polar surface area (TPSA) is 93.1 Å². The monoisotopic (exact) mass is 463 g/mol. The lowest BCUT2D eigenvalue weighted by molar-refractivity contribution is -0.292. The molecule has 0 aliphatic carbocycles. The molecule has 5 atom stereocenters. The molecule has 3 aliphatic rings. The zero-order valence-electron chi connectivity index (χ0n) is 19.0. The van der Waals surface area contributed by atoms with Crippen molar-refractivity contribution in [1.82, 2.24) is 4.90 Å². The van der Waals surface area contributed by atoms with E-state index in [1.807, 2.05) is 19.1 Å². The van der Waals surface area contributed by atoms with E-state index >= 15 is 0 Å². The summed E-state index contributed by atoms with van der Waals surface area (Å²) in [5.74, 6) is -2.08. The van der Waals surface area contributed by atoms with Gasteiger partial charge in [0.2, 0.25) is 5.91 Å². The Morgan fingerprint density at radius 3 is 2.78 bits per heavy atom. The number of hydrogen-bond acceptors (Lipinski definition) is 7. The number of carbonyl (C=O) groups excluding carboxylic acids is 3. The van der Waals surface area contributed by atoms with Gasteiger partial charge in [-0.3, -0.25) is 14.5 Å². The lowest BCUT2D eigenvalue weighted by atomic mass is 9.90. The van der Waals surface area contributed by atoms with Crippen LogP contribution in [0.5, 0.6) is 0 Å². The van der Waals surface area contributed by atoms with E-state index in [0.717, 1.165) is 41.5 Å². The maximum atomic E-state index is 12.5. The Labute approximate surface area is 193 Å². The highest BCUT2D eigenvalue weighted by molar-refractivity contribution is 8.14. The first-order chi connectivity index (χ1) is 15.2. The van der Waals surface area contributed by atoms with Gasteiger partial charge in [-0.1, -0.05) is 48.6 Å². The van der Waals surface area contributed by atoms with Crippen LogP contribution in [0.1, 0.15) is 59.3 Å². The summed E-state index contributed by atoms with van der Waals surface area (Å²) in [6.07, 6.45) is 12.4. The molecule has 2 fully saturated rings. The predicted molar refractivity (Wildman–Crippen MR) is 123 cm³/mol. The SMILES string of the molecule is CC(=O)N1C(=O)SC[C@H]1[C@@]1(O)C[C@H]2C[C@@H](CC[C@@H](C)/C=C\C=C\CC/C(C)=C\C(=O)O2)O1. The van der Waals surface area contributed by atoms with Crippen molar-refractivity contribution in [3.63, 3.8) is 0 Å². The first-order valence-electron chi connectivity index (χ1n) is 11.3. The molecule has 2 bridgehead atoms. The molecule has 3 heterocycles. The molecule has 0 unspecified atom stereocenters. The first-order valence-corrected chi connectivity index (χ1v) is 12.2. The third-order valence-electron chi connectivity index (χ3n) is 6.13. The molecule has 32 heavy (non-hydrogen) atoms. The van der Waals surface area contributed by atoms with Crippen LogP contribution in [0.3, 0.4) is 0 Å². The van der Waals surface area contributed by atoms with Crippen molar-refractivity contribution in [2.75, 3.05) is 5.75 Å². The Hall–Kier alpha value is -1.90. The number of amides is 2. The molecule has 3 aliphatic heterocycles. The Morgan fingerprint density at radius 1 is 1.25 bits per heavy atom. The number of hydrogen-bond donors (Lipinski definition) is 1. The van der Waals surface area contributed by atoms with Crippen LogP contribution < -0.4 is 0 Å². The van der Waals surface area contributed by atoms with Crippen molar-refractivity contribution < 1.29 is 29.0 Å². The van der Waals surface area contributed by atoms with Gasteiger partial charge in [0, 0.05) is 31.6 Å². The van der Waals surface area contributed by atoms with Crippen molar-refractivity contribution >= 4 is 28.9 Å². The van der Waals surface area contributed by atoms with Crippen molar-refractivity contribution in [2.24, 2.45) is 5.92 Å². The number of fused-ring (bicyclic) bond motifs is 2. The summed E-state index contributed by atoms with van der Waals surface area (Å²) >= 11 is 0.989. The van der Waals surface area contributed by atoms with E-state index in [4.69, 9.17) is 9.47 Å². The number of imide groups is 1. The number of carbonyl (C=O) groups is 3. The predicted octanol–water partition coefficient (Wildman–Crippen LogP) is 4.12. The van der Waals surface area contributed by atoms with Crippen LogP contribution in [0, 0.1) is 5.92 Å². The third-order valence-corrected chi connectivity index (χ3v) is 7.06. The van der Waals surface area contributed by atoms with Crippen molar-refractivity contribution in [1.29, 1.82) is 0 Å². The minimum Gasteiger partial charge on any atom is -0.459 e. The summed E-state index contributed by atoms with van der Waals surface area (Å²) in [6.45, 7) is 5.32. The van der Waals surface area contributed by atoms with Crippen LogP contribution >= 0.6 is 11.8 Å². The molecule has 0 spiro atoms. The zero-order valence-corrected chi connectivity index (χ0v) is 19.8. The molecule has 0 saturated carbocycles. The average Bonchev–Trinajstić information content (AvgIpc) is 3.10. The average molecular weight is 464 g/mol. The van der Waals surface area contributed by atoms with Crippen LogP contribution in [0.2, 0.25) is 0 Å². The summed E-state index contributed by atoms with van der Waals surface area (Å²) in [4.78, 5) is 37.9. The van der Waals surface area contributed by atoms with Crippen LogP contribution in [0.4, 0.5) is 4.79 Å². The van der Waals surface area contributed by atoms with Gasteiger partial charge >= 0.3 is 5.97 Å². The zero-order chi connectivity index (χ0) is 23.3. The highest BCUT2D eigenvalue weighted by Gasteiger charge is 2.54. The first kappa shape index (κ1) is 24.7. The molecule has 0 aromatic carbocycles. The summed E-state index contributed by atoms with van der Waals surface area (Å²) in [5, 5.41) is 11.1. The summed E-state index contributed by atoms with van der Waals surface area (Å²) < 4.78 is 11.8. The van der Waals surface area contributed by atoms with Gasteiger partial charge in [0.05, 0.1) is 6.10 Å². The van der Waals surface area contributed by atoms with Crippen LogP contribution in [-0.4, -0.2) is 56.9 Å². The number of rotatable bonds is 1. The Bertz CT molecular complexity index is 821. The quantitative estimate of drug-likeness (QED) is 0.585. The highest BCUT2D eigenvalue weighted by atomic mass is 32.2. The number of nitrogens with zero attached hydrogens (tertiary/aromatic N) is 1. The Balaban J connectivity index is 1.85. The highest BCUT2D eigenvalue weighted by Crippen LogP contribution is 2.40. The van der Waals surface area contributed by atoms with Crippen molar-refractivity contribution in [3.8, 4) is 0 Å². The smallest absolute Gasteiger partial charge is 0.330 e. The largest absolute Gasteiger partial charge is 0.459 e. The number of ether oxygens (including phenoxy) is 2. The number of aliphatic hydroxyl groups is 1. The van der Waals surface area contributed by atoms with Gasteiger partial charge in [-0.2, -0.15) is 0 Å². The van der Waals surface area contributed by atoms with E-state index in [1.54, 1.807) is 0 Å². The maximum absolute atomic E-state index is 12.5. The summed E-state index contributed by atoms with van der Waals surface area (Å²) in [6, 6.07) is -0.813. The molecule has 8 heteroatoms. The van der Waals surface area contributed by atoms with E-state index in [2.05, 4.69) is 19.1 Å². The van der Waals surface area contributed by atoms with Gasteiger partial charge in [0.25, 0.3) is 5.24 Å². The molecule has 7 nitrogen and oxygen atoms in total. The van der Waals surface area contributed by atoms with Crippen molar-refractivity contribution in [2.45, 2.75) is 83.3 Å². The second-order valence-corrected chi connectivity index (χ2v) is 9.93. The lowest BCUT2D eigenvalue weighted by Crippen LogP contribution is -2.60. The van der Waals surface area contributed by atoms with Crippen LogP contribution in [0.15, 0.2) is 36.0 Å². The minimum atomic E-state index is -1.76. The molecular formula is C24H33NO6S. The fraction of sp³-hybridized carbons (Fsp3) is 0.625. The van der Waals surface area contributed by atoms with Gasteiger partial charge in [0.15, 0.2) is 5.79 Å². The molecule has 2 saturated heterocycles. The fourth-order valence-corrected chi connectivity index (χ4v) is 5.53. The van der Waals surface area contributed by atoms with Gasteiger partial charge in [-0.15, -0.1) is 0 Å². The summed E-state index contributed by atoms with van der Waals surface area (Å²) in [5.41, 5.74) is 0.920. The Morgan fingerprint density at radius 2 is 2.03 bits per heavy atom. The molecule has 2 amide bonds. The second-order valence-electron chi connectivity index (χ2n) is 8.96. The van der Waals surface area contributed by atoms with Gasteiger partial charge in [-0.25, -0.2) is 4.79 Å². The molecule has 0 radical (unpaired) electrons. The molecule has 0 aromatic rings. The standard InChI is InChI=1S/C24H33NO6S/c1-16-8-6-4-5-7-9-17(2)12-22(27)30-20-13-19(11-10-16)31-24(29,14-20)21-15-32-23(28)25(21)18(3)26/h4-6,8,12,16,19-21,29H,7,9-11,13-15H2,1-3H3/b5-4+,8-6-,17-12-/t16-,19+,20+,21-,24+/m0/s1. The van der Waals surface area contributed by atoms with Crippen LogP contribution in [0.25, 0.3) is 0 Å². The van der Waals surface area contributed by atoms with E-state index in [1.165, 1.54) is 13.0 Å². The van der Waals surface area contributed by atoms with E-state index in [9.17, 15) is 19.5 Å². The third kappa shape index (κ3) is 6.33. The number of allylic oxidation sites excluding steroid dienone is 5. The van der Waals surface area contributed by atoms with Gasteiger partial charge < -0.3 is 14.6 Å². The van der Waals surface area contributed by atoms with E-state index < -0.39 is 35.0 Å².